The fourth-order valence-electron chi connectivity index (χ4n) is 2.79. The lowest BCUT2D eigenvalue weighted by atomic mass is 10.00. The monoisotopic (exact) mass is 246 g/mol. The van der Waals surface area contributed by atoms with Crippen molar-refractivity contribution in [1.29, 1.82) is 0 Å². The number of piperidine rings is 1. The summed E-state index contributed by atoms with van der Waals surface area (Å²) in [5, 5.41) is 0. The van der Waals surface area contributed by atoms with Crippen LogP contribution in [0, 0.1) is 0 Å². The molecule has 1 aromatic rings. The van der Waals surface area contributed by atoms with Crippen LogP contribution in [0.3, 0.4) is 0 Å². The largest absolute Gasteiger partial charge is 0.323 e. The van der Waals surface area contributed by atoms with Gasteiger partial charge < -0.3 is 5.73 Å². The summed E-state index contributed by atoms with van der Waals surface area (Å²) in [4.78, 5) is 2.54. The summed E-state index contributed by atoms with van der Waals surface area (Å²) < 4.78 is 0. The first-order valence-electron chi connectivity index (χ1n) is 7.29. The van der Waals surface area contributed by atoms with Gasteiger partial charge in [-0.25, -0.2) is 0 Å². The lowest BCUT2D eigenvalue weighted by molar-refractivity contribution is 0.151. The summed E-state index contributed by atoms with van der Waals surface area (Å²) in [5.74, 6) is 0. The second kappa shape index (κ2) is 6.35. The van der Waals surface area contributed by atoms with Gasteiger partial charge in [0.25, 0.3) is 0 Å². The minimum absolute atomic E-state index is 0.149. The molecule has 0 radical (unpaired) electrons. The number of likely N-dealkylation sites (tertiary alicyclic amines) is 1. The Morgan fingerprint density at radius 1 is 1.28 bits per heavy atom. The summed E-state index contributed by atoms with van der Waals surface area (Å²) in [5.41, 5.74) is 8.99. The molecule has 0 aliphatic carbocycles. The Hall–Kier alpha value is -0.860. The topological polar surface area (TPSA) is 29.3 Å². The van der Waals surface area contributed by atoms with Crippen molar-refractivity contribution < 1.29 is 0 Å². The number of nitrogens with two attached hydrogens (primary N) is 1. The number of hydrogen-bond donors (Lipinski definition) is 1. The standard InChI is InChI=1S/C16H26N2/c1-3-14-7-9-15(10-8-14)16(17)12-18-11-5-4-6-13(18)2/h7-10,13,16H,3-6,11-12,17H2,1-2H3. The van der Waals surface area contributed by atoms with Crippen molar-refractivity contribution >= 4 is 0 Å². The molecule has 18 heavy (non-hydrogen) atoms. The van der Waals surface area contributed by atoms with Crippen molar-refractivity contribution in [3.05, 3.63) is 35.4 Å². The van der Waals surface area contributed by atoms with E-state index in [9.17, 15) is 0 Å². The molecule has 0 spiro atoms. The van der Waals surface area contributed by atoms with Crippen molar-refractivity contribution in [3.8, 4) is 0 Å². The van der Waals surface area contributed by atoms with Gasteiger partial charge in [0.15, 0.2) is 0 Å². The molecular formula is C16H26N2. The molecule has 1 fully saturated rings. The van der Waals surface area contributed by atoms with E-state index in [4.69, 9.17) is 5.73 Å². The molecule has 1 aliphatic heterocycles. The normalized spacial score (nSPS) is 22.9. The SMILES string of the molecule is CCc1ccc(C(N)CN2CCCCC2C)cc1. The van der Waals surface area contributed by atoms with Crippen LogP contribution in [0.2, 0.25) is 0 Å². The fourth-order valence-corrected chi connectivity index (χ4v) is 2.79. The molecule has 0 saturated carbocycles. The van der Waals surface area contributed by atoms with Crippen LogP contribution in [0.1, 0.15) is 50.3 Å². The number of benzene rings is 1. The molecule has 100 valence electrons. The summed E-state index contributed by atoms with van der Waals surface area (Å²) in [6.45, 7) is 6.71. The Bertz CT molecular complexity index is 358. The molecule has 0 aromatic heterocycles. The van der Waals surface area contributed by atoms with Gasteiger partial charge in [-0.3, -0.25) is 4.90 Å². The van der Waals surface area contributed by atoms with Crippen LogP contribution in [-0.2, 0) is 6.42 Å². The highest BCUT2D eigenvalue weighted by Gasteiger charge is 2.20. The molecule has 1 heterocycles. The van der Waals surface area contributed by atoms with E-state index < -0.39 is 0 Å². The molecule has 2 atom stereocenters. The third kappa shape index (κ3) is 3.33. The first-order chi connectivity index (χ1) is 8.70. The van der Waals surface area contributed by atoms with Crippen molar-refractivity contribution in [2.24, 2.45) is 5.73 Å². The van der Waals surface area contributed by atoms with Gasteiger partial charge in [-0.05, 0) is 43.9 Å². The van der Waals surface area contributed by atoms with Gasteiger partial charge in [-0.2, -0.15) is 0 Å². The van der Waals surface area contributed by atoms with Gasteiger partial charge in [0.05, 0.1) is 0 Å². The van der Waals surface area contributed by atoms with Crippen LogP contribution in [0.25, 0.3) is 0 Å². The second-order valence-electron chi connectivity index (χ2n) is 5.54. The second-order valence-corrected chi connectivity index (χ2v) is 5.54. The zero-order valence-electron chi connectivity index (χ0n) is 11.7. The van der Waals surface area contributed by atoms with Crippen molar-refractivity contribution in [3.63, 3.8) is 0 Å². The molecule has 2 N–H and O–H groups in total. The molecule has 0 amide bonds. The average Bonchev–Trinajstić information content (AvgIpc) is 2.41. The molecule has 0 bridgehead atoms. The van der Waals surface area contributed by atoms with Gasteiger partial charge in [-0.1, -0.05) is 37.6 Å². The van der Waals surface area contributed by atoms with Crippen molar-refractivity contribution in [2.45, 2.75) is 51.6 Å². The summed E-state index contributed by atoms with van der Waals surface area (Å²) in [6.07, 6.45) is 5.12. The van der Waals surface area contributed by atoms with E-state index in [2.05, 4.69) is 43.0 Å². The van der Waals surface area contributed by atoms with E-state index in [0.29, 0.717) is 6.04 Å². The molecule has 1 aromatic carbocycles. The third-order valence-corrected chi connectivity index (χ3v) is 4.19. The first-order valence-corrected chi connectivity index (χ1v) is 7.29. The molecule has 2 nitrogen and oxygen atoms in total. The highest BCUT2D eigenvalue weighted by atomic mass is 15.2. The van der Waals surface area contributed by atoms with Gasteiger partial charge in [-0.15, -0.1) is 0 Å². The summed E-state index contributed by atoms with van der Waals surface area (Å²) in [6, 6.07) is 9.64. The predicted molar refractivity (Wildman–Crippen MR) is 77.6 cm³/mol. The van der Waals surface area contributed by atoms with Crippen LogP contribution in [0.4, 0.5) is 0 Å². The van der Waals surface area contributed by atoms with Crippen LogP contribution in [0.15, 0.2) is 24.3 Å². The number of aryl methyl sites for hydroxylation is 1. The molecule has 2 unspecified atom stereocenters. The van der Waals surface area contributed by atoms with E-state index in [0.717, 1.165) is 13.0 Å². The van der Waals surface area contributed by atoms with Crippen LogP contribution < -0.4 is 5.73 Å². The van der Waals surface area contributed by atoms with Crippen LogP contribution in [0.5, 0.6) is 0 Å². The Balaban J connectivity index is 1.95. The maximum absolute atomic E-state index is 6.34. The van der Waals surface area contributed by atoms with Crippen LogP contribution >= 0.6 is 0 Å². The van der Waals surface area contributed by atoms with E-state index in [1.165, 1.54) is 36.9 Å². The predicted octanol–water partition coefficient (Wildman–Crippen LogP) is 3.12. The zero-order chi connectivity index (χ0) is 13.0. The molecule has 2 rings (SSSR count). The molecule has 1 saturated heterocycles. The summed E-state index contributed by atoms with van der Waals surface area (Å²) >= 11 is 0. The first kappa shape index (κ1) is 13.6. The highest BCUT2D eigenvalue weighted by molar-refractivity contribution is 5.25. The smallest absolute Gasteiger partial charge is 0.0424 e. The van der Waals surface area contributed by atoms with Crippen LogP contribution in [-0.4, -0.2) is 24.0 Å². The van der Waals surface area contributed by atoms with E-state index >= 15 is 0 Å². The van der Waals surface area contributed by atoms with Gasteiger partial charge in [0.2, 0.25) is 0 Å². The number of nitrogens with zero attached hydrogens (tertiary/aromatic N) is 1. The maximum atomic E-state index is 6.34. The molecule has 1 aliphatic rings. The van der Waals surface area contributed by atoms with Gasteiger partial charge >= 0.3 is 0 Å². The fraction of sp³-hybridized carbons (Fsp3) is 0.625. The highest BCUT2D eigenvalue weighted by Crippen LogP contribution is 2.20. The Kier molecular flexibility index (Phi) is 4.79. The van der Waals surface area contributed by atoms with E-state index in [1.54, 1.807) is 0 Å². The minimum Gasteiger partial charge on any atom is -0.323 e. The Labute approximate surface area is 111 Å². The minimum atomic E-state index is 0.149. The lowest BCUT2D eigenvalue weighted by Crippen LogP contribution is -2.41. The molecular weight excluding hydrogens is 220 g/mol. The van der Waals surface area contributed by atoms with E-state index in [1.807, 2.05) is 0 Å². The van der Waals surface area contributed by atoms with Gasteiger partial charge in [0, 0.05) is 18.6 Å². The third-order valence-electron chi connectivity index (χ3n) is 4.19. The van der Waals surface area contributed by atoms with Gasteiger partial charge in [0.1, 0.15) is 0 Å². The summed E-state index contributed by atoms with van der Waals surface area (Å²) in [7, 11) is 0. The Morgan fingerprint density at radius 3 is 2.61 bits per heavy atom. The van der Waals surface area contributed by atoms with Crippen molar-refractivity contribution in [2.75, 3.05) is 13.1 Å². The quantitative estimate of drug-likeness (QED) is 0.884. The lowest BCUT2D eigenvalue weighted by Gasteiger charge is -2.35. The maximum Gasteiger partial charge on any atom is 0.0424 e. The number of rotatable bonds is 4. The molecule has 2 heteroatoms. The average molecular weight is 246 g/mol. The Morgan fingerprint density at radius 2 is 2.00 bits per heavy atom. The zero-order valence-corrected chi connectivity index (χ0v) is 11.7. The van der Waals surface area contributed by atoms with E-state index in [-0.39, 0.29) is 6.04 Å². The number of hydrogen-bond acceptors (Lipinski definition) is 2. The van der Waals surface area contributed by atoms with Crippen molar-refractivity contribution in [1.82, 2.24) is 4.90 Å².